The summed E-state index contributed by atoms with van der Waals surface area (Å²) in [6.45, 7) is 5.98. The SMILES string of the molecule is CCNCc1cnc(-c2ccc(Br)cc2C)[nH]1. The number of aromatic nitrogens is 2. The molecule has 0 saturated heterocycles. The van der Waals surface area contributed by atoms with Crippen molar-refractivity contribution in [2.75, 3.05) is 6.54 Å². The number of benzene rings is 1. The van der Waals surface area contributed by atoms with Crippen molar-refractivity contribution in [3.8, 4) is 11.4 Å². The zero-order valence-corrected chi connectivity index (χ0v) is 11.6. The molecule has 1 aromatic carbocycles. The fourth-order valence-electron chi connectivity index (χ4n) is 1.74. The Morgan fingerprint density at radius 2 is 2.24 bits per heavy atom. The van der Waals surface area contributed by atoms with Crippen LogP contribution in [0.2, 0.25) is 0 Å². The van der Waals surface area contributed by atoms with Gasteiger partial charge in [0.15, 0.2) is 0 Å². The van der Waals surface area contributed by atoms with Crippen LogP contribution in [0.15, 0.2) is 28.9 Å². The average molecular weight is 294 g/mol. The number of imidazole rings is 1. The number of rotatable bonds is 4. The molecule has 0 fully saturated rings. The molecule has 3 nitrogen and oxygen atoms in total. The van der Waals surface area contributed by atoms with Crippen LogP contribution in [0, 0.1) is 6.92 Å². The summed E-state index contributed by atoms with van der Waals surface area (Å²) < 4.78 is 1.10. The summed E-state index contributed by atoms with van der Waals surface area (Å²) in [5.74, 6) is 0.933. The topological polar surface area (TPSA) is 40.7 Å². The number of halogens is 1. The molecule has 2 N–H and O–H groups in total. The van der Waals surface area contributed by atoms with E-state index in [1.165, 1.54) is 5.56 Å². The molecule has 0 atom stereocenters. The molecule has 4 heteroatoms. The molecule has 0 unspecified atom stereocenters. The Labute approximate surface area is 110 Å². The smallest absolute Gasteiger partial charge is 0.137 e. The molecule has 0 radical (unpaired) electrons. The molecular weight excluding hydrogens is 278 g/mol. The van der Waals surface area contributed by atoms with E-state index in [4.69, 9.17) is 0 Å². The van der Waals surface area contributed by atoms with E-state index in [2.05, 4.69) is 57.2 Å². The Kier molecular flexibility index (Phi) is 3.97. The van der Waals surface area contributed by atoms with Crippen molar-refractivity contribution in [3.05, 3.63) is 40.1 Å². The number of nitrogens with zero attached hydrogens (tertiary/aromatic N) is 1. The van der Waals surface area contributed by atoms with Crippen LogP contribution >= 0.6 is 15.9 Å². The van der Waals surface area contributed by atoms with Crippen molar-refractivity contribution in [1.29, 1.82) is 0 Å². The van der Waals surface area contributed by atoms with Crippen LogP contribution < -0.4 is 5.32 Å². The Hall–Kier alpha value is -1.13. The minimum atomic E-state index is 0.832. The lowest BCUT2D eigenvalue weighted by atomic mass is 10.1. The summed E-state index contributed by atoms with van der Waals surface area (Å²) in [5.41, 5.74) is 3.48. The van der Waals surface area contributed by atoms with Crippen LogP contribution in [0.3, 0.4) is 0 Å². The van der Waals surface area contributed by atoms with Crippen molar-refractivity contribution in [2.24, 2.45) is 0 Å². The Bertz CT molecular complexity index is 505. The summed E-state index contributed by atoms with van der Waals surface area (Å²) in [7, 11) is 0. The predicted octanol–water partition coefficient (Wildman–Crippen LogP) is 3.26. The van der Waals surface area contributed by atoms with Crippen molar-refractivity contribution in [1.82, 2.24) is 15.3 Å². The third-order valence-corrected chi connectivity index (χ3v) is 3.13. The van der Waals surface area contributed by atoms with E-state index in [9.17, 15) is 0 Å². The highest BCUT2D eigenvalue weighted by Gasteiger charge is 2.06. The number of aryl methyl sites for hydroxylation is 1. The molecular formula is C13H16BrN3. The number of aromatic amines is 1. The van der Waals surface area contributed by atoms with E-state index < -0.39 is 0 Å². The lowest BCUT2D eigenvalue weighted by molar-refractivity contribution is 0.714. The Balaban J connectivity index is 2.24. The molecule has 90 valence electrons. The van der Waals surface area contributed by atoms with Gasteiger partial charge >= 0.3 is 0 Å². The molecule has 0 aliphatic carbocycles. The Morgan fingerprint density at radius 1 is 1.41 bits per heavy atom. The minimum absolute atomic E-state index is 0.832. The van der Waals surface area contributed by atoms with Crippen molar-refractivity contribution in [2.45, 2.75) is 20.4 Å². The highest BCUT2D eigenvalue weighted by atomic mass is 79.9. The molecule has 0 spiro atoms. The van der Waals surface area contributed by atoms with Gasteiger partial charge in [0.25, 0.3) is 0 Å². The van der Waals surface area contributed by atoms with Gasteiger partial charge in [-0.05, 0) is 37.2 Å². The zero-order valence-electron chi connectivity index (χ0n) is 10.0. The van der Waals surface area contributed by atoms with Gasteiger partial charge < -0.3 is 10.3 Å². The molecule has 1 aromatic heterocycles. The number of hydrogen-bond acceptors (Lipinski definition) is 2. The highest BCUT2D eigenvalue weighted by Crippen LogP contribution is 2.23. The first-order valence-corrected chi connectivity index (χ1v) is 6.51. The van der Waals surface area contributed by atoms with E-state index >= 15 is 0 Å². The van der Waals surface area contributed by atoms with E-state index in [-0.39, 0.29) is 0 Å². The van der Waals surface area contributed by atoms with Gasteiger partial charge in [-0.2, -0.15) is 0 Å². The molecule has 0 saturated carbocycles. The first-order chi connectivity index (χ1) is 8.20. The molecule has 0 bridgehead atoms. The van der Waals surface area contributed by atoms with E-state index in [1.807, 2.05) is 12.3 Å². The summed E-state index contributed by atoms with van der Waals surface area (Å²) in [6, 6.07) is 6.21. The first kappa shape index (κ1) is 12.3. The van der Waals surface area contributed by atoms with Gasteiger partial charge in [-0.3, -0.25) is 0 Å². The minimum Gasteiger partial charge on any atom is -0.341 e. The average Bonchev–Trinajstić information content (AvgIpc) is 2.75. The van der Waals surface area contributed by atoms with Gasteiger partial charge in [0.1, 0.15) is 5.82 Å². The summed E-state index contributed by atoms with van der Waals surface area (Å²) >= 11 is 3.47. The maximum absolute atomic E-state index is 4.42. The maximum Gasteiger partial charge on any atom is 0.137 e. The predicted molar refractivity (Wildman–Crippen MR) is 73.8 cm³/mol. The molecule has 2 rings (SSSR count). The third-order valence-electron chi connectivity index (χ3n) is 2.64. The van der Waals surface area contributed by atoms with Crippen LogP contribution in [-0.4, -0.2) is 16.5 Å². The lowest BCUT2D eigenvalue weighted by Gasteiger charge is -2.03. The van der Waals surface area contributed by atoms with Gasteiger partial charge in [0, 0.05) is 28.5 Å². The maximum atomic E-state index is 4.42. The van der Waals surface area contributed by atoms with Crippen LogP contribution in [0.4, 0.5) is 0 Å². The summed E-state index contributed by atoms with van der Waals surface area (Å²) in [5, 5.41) is 3.27. The lowest BCUT2D eigenvalue weighted by Crippen LogP contribution is -2.11. The summed E-state index contributed by atoms with van der Waals surface area (Å²) in [6.07, 6.45) is 1.89. The van der Waals surface area contributed by atoms with E-state index in [0.717, 1.165) is 34.6 Å². The second-order valence-corrected chi connectivity index (χ2v) is 4.91. The molecule has 0 aliphatic heterocycles. The highest BCUT2D eigenvalue weighted by molar-refractivity contribution is 9.10. The quantitative estimate of drug-likeness (QED) is 0.908. The second kappa shape index (κ2) is 5.47. The largest absolute Gasteiger partial charge is 0.341 e. The van der Waals surface area contributed by atoms with Crippen molar-refractivity contribution < 1.29 is 0 Å². The normalized spacial score (nSPS) is 10.8. The van der Waals surface area contributed by atoms with Crippen molar-refractivity contribution >= 4 is 15.9 Å². The number of nitrogens with one attached hydrogen (secondary N) is 2. The van der Waals surface area contributed by atoms with E-state index in [0.29, 0.717) is 0 Å². The van der Waals surface area contributed by atoms with Crippen LogP contribution in [-0.2, 0) is 6.54 Å². The second-order valence-electron chi connectivity index (χ2n) is 4.00. The monoisotopic (exact) mass is 293 g/mol. The molecule has 1 heterocycles. The van der Waals surface area contributed by atoms with Gasteiger partial charge in [-0.25, -0.2) is 4.98 Å². The first-order valence-electron chi connectivity index (χ1n) is 5.72. The number of H-pyrrole nitrogens is 1. The molecule has 2 aromatic rings. The fourth-order valence-corrected chi connectivity index (χ4v) is 2.21. The summed E-state index contributed by atoms with van der Waals surface area (Å²) in [4.78, 5) is 7.75. The fraction of sp³-hybridized carbons (Fsp3) is 0.308. The van der Waals surface area contributed by atoms with Crippen molar-refractivity contribution in [3.63, 3.8) is 0 Å². The molecule has 17 heavy (non-hydrogen) atoms. The van der Waals surface area contributed by atoms with Gasteiger partial charge in [-0.15, -0.1) is 0 Å². The van der Waals surface area contributed by atoms with E-state index in [1.54, 1.807) is 0 Å². The van der Waals surface area contributed by atoms with Crippen LogP contribution in [0.5, 0.6) is 0 Å². The zero-order chi connectivity index (χ0) is 12.3. The Morgan fingerprint density at radius 3 is 2.94 bits per heavy atom. The van der Waals surface area contributed by atoms with Gasteiger partial charge in [0.05, 0.1) is 0 Å². The molecule has 0 amide bonds. The van der Waals surface area contributed by atoms with Gasteiger partial charge in [-0.1, -0.05) is 22.9 Å². The number of hydrogen-bond donors (Lipinski definition) is 2. The third kappa shape index (κ3) is 2.96. The molecule has 0 aliphatic rings. The van der Waals surface area contributed by atoms with Crippen LogP contribution in [0.1, 0.15) is 18.2 Å². The van der Waals surface area contributed by atoms with Crippen LogP contribution in [0.25, 0.3) is 11.4 Å². The standard InChI is InChI=1S/C13H16BrN3/c1-3-15-7-11-8-16-13(17-11)12-5-4-10(14)6-9(12)2/h4-6,8,15H,3,7H2,1-2H3,(H,16,17). The van der Waals surface area contributed by atoms with Gasteiger partial charge in [0.2, 0.25) is 0 Å².